The van der Waals surface area contributed by atoms with E-state index in [1.807, 2.05) is 0 Å². The molecule has 0 aliphatic carbocycles. The van der Waals surface area contributed by atoms with Crippen molar-refractivity contribution in [3.8, 4) is 0 Å². The average Bonchev–Trinajstić information content (AvgIpc) is 2.47. The molecular formula is C20H42N+. The van der Waals surface area contributed by atoms with Crippen LogP contribution in [0.2, 0.25) is 0 Å². The minimum absolute atomic E-state index is 1.01. The summed E-state index contributed by atoms with van der Waals surface area (Å²) in [5.74, 6) is 0. The van der Waals surface area contributed by atoms with E-state index in [1.165, 1.54) is 90.0 Å². The lowest BCUT2D eigenvalue weighted by atomic mass is 10.0. The Hall–Kier alpha value is -0.300. The molecular weight excluding hydrogens is 254 g/mol. The summed E-state index contributed by atoms with van der Waals surface area (Å²) in [6, 6.07) is 0. The summed E-state index contributed by atoms with van der Waals surface area (Å²) >= 11 is 0. The highest BCUT2D eigenvalue weighted by Gasteiger charge is 2.04. The van der Waals surface area contributed by atoms with E-state index in [2.05, 4.69) is 40.2 Å². The van der Waals surface area contributed by atoms with Gasteiger partial charge in [-0.3, -0.25) is 0 Å². The third kappa shape index (κ3) is 15.9. The Morgan fingerprint density at radius 2 is 1.05 bits per heavy atom. The number of quaternary nitrogens is 1. The Morgan fingerprint density at radius 1 is 0.619 bits per heavy atom. The molecule has 0 radical (unpaired) electrons. The lowest BCUT2D eigenvalue weighted by molar-refractivity contribution is -0.836. The molecule has 0 aromatic rings. The second kappa shape index (κ2) is 14.6. The second-order valence-corrected chi connectivity index (χ2v) is 7.16. The van der Waals surface area contributed by atoms with Gasteiger partial charge in [0.25, 0.3) is 0 Å². The van der Waals surface area contributed by atoms with Crippen LogP contribution in [0.15, 0.2) is 12.3 Å². The van der Waals surface area contributed by atoms with Crippen molar-refractivity contribution in [2.24, 2.45) is 0 Å². The van der Waals surface area contributed by atoms with E-state index in [9.17, 15) is 0 Å². The fourth-order valence-electron chi connectivity index (χ4n) is 2.57. The number of nitrogens with zero attached hydrogens (tertiary/aromatic N) is 1. The lowest BCUT2D eigenvalue weighted by Crippen LogP contribution is -2.32. The third-order valence-corrected chi connectivity index (χ3v) is 4.55. The molecule has 0 saturated heterocycles. The van der Waals surface area contributed by atoms with E-state index >= 15 is 0 Å². The predicted molar refractivity (Wildman–Crippen MR) is 97.5 cm³/mol. The van der Waals surface area contributed by atoms with Gasteiger partial charge in [-0.05, 0) is 25.8 Å². The molecule has 0 amide bonds. The number of allylic oxidation sites excluding steroid dienone is 1. The number of hydrogen-bond acceptors (Lipinski definition) is 0. The molecule has 0 bridgehead atoms. The second-order valence-electron chi connectivity index (χ2n) is 7.16. The largest absolute Gasteiger partial charge is 0.303 e. The maximum Gasteiger partial charge on any atom is 0.0913 e. The lowest BCUT2D eigenvalue weighted by Gasteiger charge is -2.22. The molecule has 1 heteroatoms. The smallest absolute Gasteiger partial charge is 0.0913 e. The van der Waals surface area contributed by atoms with E-state index in [1.54, 1.807) is 0 Å². The van der Waals surface area contributed by atoms with Gasteiger partial charge in [0.05, 0.1) is 26.8 Å². The van der Waals surface area contributed by atoms with Gasteiger partial charge >= 0.3 is 0 Å². The topological polar surface area (TPSA) is 0 Å². The molecule has 0 heterocycles. The van der Waals surface area contributed by atoms with Crippen molar-refractivity contribution in [3.63, 3.8) is 0 Å². The number of unbranched alkanes of at least 4 members (excludes halogenated alkanes) is 12. The van der Waals surface area contributed by atoms with Crippen LogP contribution >= 0.6 is 0 Å². The van der Waals surface area contributed by atoms with Gasteiger partial charge in [0.2, 0.25) is 0 Å². The van der Waals surface area contributed by atoms with Crippen LogP contribution < -0.4 is 0 Å². The van der Waals surface area contributed by atoms with Crippen LogP contribution in [0.3, 0.4) is 0 Å². The highest BCUT2D eigenvalue weighted by Crippen LogP contribution is 2.12. The molecule has 21 heavy (non-hydrogen) atoms. The highest BCUT2D eigenvalue weighted by atomic mass is 15.3. The molecule has 1 nitrogen and oxygen atoms in total. The summed E-state index contributed by atoms with van der Waals surface area (Å²) in [5.41, 5.74) is 0. The Bertz CT molecular complexity index is 230. The van der Waals surface area contributed by atoms with Gasteiger partial charge in [-0.1, -0.05) is 77.6 Å². The molecule has 0 N–H and O–H groups in total. The van der Waals surface area contributed by atoms with E-state index in [0.29, 0.717) is 0 Å². The van der Waals surface area contributed by atoms with Crippen molar-refractivity contribution < 1.29 is 4.48 Å². The SMILES string of the molecule is CCCCCCCCCCCCCCC=C[N+](C)(C)CC. The van der Waals surface area contributed by atoms with E-state index in [4.69, 9.17) is 0 Å². The normalized spacial score (nSPS) is 12.4. The van der Waals surface area contributed by atoms with E-state index in [0.717, 1.165) is 4.48 Å². The predicted octanol–water partition coefficient (Wildman–Crippen LogP) is 6.69. The zero-order valence-corrected chi connectivity index (χ0v) is 15.5. The van der Waals surface area contributed by atoms with Crippen LogP contribution in [0.25, 0.3) is 0 Å². The van der Waals surface area contributed by atoms with Crippen molar-refractivity contribution in [1.29, 1.82) is 0 Å². The first-order chi connectivity index (χ1) is 10.1. The van der Waals surface area contributed by atoms with Crippen molar-refractivity contribution in [1.82, 2.24) is 0 Å². The molecule has 0 spiro atoms. The molecule has 0 saturated carbocycles. The molecule has 0 unspecified atom stereocenters. The zero-order valence-electron chi connectivity index (χ0n) is 15.5. The first-order valence-electron chi connectivity index (χ1n) is 9.62. The molecule has 0 aromatic heterocycles. The van der Waals surface area contributed by atoms with E-state index < -0.39 is 0 Å². The zero-order chi connectivity index (χ0) is 15.8. The number of rotatable bonds is 15. The van der Waals surface area contributed by atoms with Gasteiger partial charge in [-0.2, -0.15) is 0 Å². The maximum absolute atomic E-state index is 2.37. The minimum atomic E-state index is 1.01. The van der Waals surface area contributed by atoms with Crippen LogP contribution in [0.1, 0.15) is 97.3 Å². The summed E-state index contributed by atoms with van der Waals surface area (Å²) < 4.78 is 1.01. The summed E-state index contributed by atoms with van der Waals surface area (Å²) in [6.45, 7) is 5.71. The monoisotopic (exact) mass is 296 g/mol. The Morgan fingerprint density at radius 3 is 1.48 bits per heavy atom. The maximum atomic E-state index is 2.37. The molecule has 126 valence electrons. The van der Waals surface area contributed by atoms with Gasteiger partial charge < -0.3 is 4.48 Å². The minimum Gasteiger partial charge on any atom is -0.303 e. The molecule has 0 aliphatic heterocycles. The Balaban J connectivity index is 3.16. The standard InChI is InChI=1S/C20H42N/c1-5-7-8-9-10-11-12-13-14-15-16-17-18-19-20-21(3,4)6-2/h19-20H,5-18H2,1-4H3/q+1. The van der Waals surface area contributed by atoms with Crippen molar-refractivity contribution >= 4 is 0 Å². The van der Waals surface area contributed by atoms with Crippen LogP contribution in [0.5, 0.6) is 0 Å². The summed E-state index contributed by atoms with van der Waals surface area (Å²) in [5, 5.41) is 0. The van der Waals surface area contributed by atoms with Gasteiger partial charge in [0.15, 0.2) is 0 Å². The molecule has 0 atom stereocenters. The quantitative estimate of drug-likeness (QED) is 0.233. The summed E-state index contributed by atoms with van der Waals surface area (Å²) in [6.07, 6.45) is 23.3. The summed E-state index contributed by atoms with van der Waals surface area (Å²) in [7, 11) is 4.53. The van der Waals surface area contributed by atoms with Crippen LogP contribution in [0, 0.1) is 0 Å². The van der Waals surface area contributed by atoms with Crippen LogP contribution in [-0.4, -0.2) is 25.1 Å². The highest BCUT2D eigenvalue weighted by molar-refractivity contribution is 4.73. The molecule has 0 rings (SSSR count). The van der Waals surface area contributed by atoms with Gasteiger partial charge in [0, 0.05) is 0 Å². The number of hydrogen-bond donors (Lipinski definition) is 0. The van der Waals surface area contributed by atoms with Gasteiger partial charge in [-0.15, -0.1) is 0 Å². The molecule has 0 aromatic carbocycles. The van der Waals surface area contributed by atoms with Gasteiger partial charge in [-0.25, -0.2) is 0 Å². The molecule has 0 fully saturated rings. The molecule has 0 aliphatic rings. The van der Waals surface area contributed by atoms with Crippen molar-refractivity contribution in [3.05, 3.63) is 12.3 Å². The summed E-state index contributed by atoms with van der Waals surface area (Å²) in [4.78, 5) is 0. The first kappa shape index (κ1) is 20.7. The van der Waals surface area contributed by atoms with Gasteiger partial charge in [0.1, 0.15) is 0 Å². The fraction of sp³-hybridized carbons (Fsp3) is 0.900. The fourth-order valence-corrected chi connectivity index (χ4v) is 2.57. The van der Waals surface area contributed by atoms with Crippen molar-refractivity contribution in [2.45, 2.75) is 97.3 Å². The van der Waals surface area contributed by atoms with Crippen LogP contribution in [0.4, 0.5) is 0 Å². The van der Waals surface area contributed by atoms with Crippen molar-refractivity contribution in [2.75, 3.05) is 20.6 Å². The van der Waals surface area contributed by atoms with E-state index in [-0.39, 0.29) is 0 Å². The first-order valence-corrected chi connectivity index (χ1v) is 9.62. The Kier molecular flexibility index (Phi) is 14.4. The average molecular weight is 297 g/mol. The Labute approximate surface area is 135 Å². The van der Waals surface area contributed by atoms with Crippen LogP contribution in [-0.2, 0) is 0 Å². The third-order valence-electron chi connectivity index (χ3n) is 4.55.